The minimum Gasteiger partial charge on any atom is -0.494 e. The van der Waals surface area contributed by atoms with Gasteiger partial charge in [-0.05, 0) is 24.6 Å². The zero-order chi connectivity index (χ0) is 21.2. The van der Waals surface area contributed by atoms with Crippen molar-refractivity contribution in [3.8, 4) is 17.6 Å². The molecule has 1 fully saturated rings. The normalized spacial score (nSPS) is 15.2. The van der Waals surface area contributed by atoms with E-state index in [2.05, 4.69) is 0 Å². The van der Waals surface area contributed by atoms with Crippen LogP contribution >= 0.6 is 0 Å². The minimum absolute atomic E-state index is 0.0444. The molecule has 29 heavy (non-hydrogen) atoms. The third-order valence-corrected chi connectivity index (χ3v) is 4.86. The summed E-state index contributed by atoms with van der Waals surface area (Å²) in [7, 11) is 1.26. The van der Waals surface area contributed by atoms with Crippen LogP contribution in [0.5, 0.6) is 11.5 Å². The lowest BCUT2D eigenvalue weighted by molar-refractivity contribution is -0.189. The highest BCUT2D eigenvalue weighted by molar-refractivity contribution is 6.01. The molecule has 0 N–H and O–H groups in total. The average molecular weight is 404 g/mol. The van der Waals surface area contributed by atoms with Crippen LogP contribution in [0.3, 0.4) is 0 Å². The number of methoxy groups -OCH3 is 1. The SMILES string of the molecule is COc1c(C#N)ccc(O[C@@H](C)C(F)(F)F)c1C(=O)N1CC(c2ccccc2)C1. The Morgan fingerprint density at radius 3 is 2.41 bits per heavy atom. The molecule has 0 unspecified atom stereocenters. The van der Waals surface area contributed by atoms with E-state index in [-0.39, 0.29) is 28.5 Å². The lowest BCUT2D eigenvalue weighted by Crippen LogP contribution is -2.48. The molecule has 152 valence electrons. The highest BCUT2D eigenvalue weighted by atomic mass is 19.4. The Kier molecular flexibility index (Phi) is 5.69. The van der Waals surface area contributed by atoms with Crippen LogP contribution in [0.2, 0.25) is 0 Å². The third kappa shape index (κ3) is 4.14. The van der Waals surface area contributed by atoms with Crippen LogP contribution in [-0.2, 0) is 0 Å². The van der Waals surface area contributed by atoms with Crippen molar-refractivity contribution in [3.63, 3.8) is 0 Å². The van der Waals surface area contributed by atoms with Crippen LogP contribution in [0.25, 0.3) is 0 Å². The lowest BCUT2D eigenvalue weighted by Gasteiger charge is -2.40. The summed E-state index contributed by atoms with van der Waals surface area (Å²) in [5.41, 5.74) is 0.952. The molecule has 2 aromatic rings. The number of ether oxygens (including phenoxy) is 2. The molecule has 0 spiro atoms. The van der Waals surface area contributed by atoms with E-state index >= 15 is 0 Å². The van der Waals surface area contributed by atoms with Crippen molar-refractivity contribution in [2.24, 2.45) is 0 Å². The van der Waals surface area contributed by atoms with Gasteiger partial charge < -0.3 is 14.4 Å². The summed E-state index contributed by atoms with van der Waals surface area (Å²) >= 11 is 0. The van der Waals surface area contributed by atoms with Gasteiger partial charge in [-0.15, -0.1) is 0 Å². The van der Waals surface area contributed by atoms with E-state index in [1.54, 1.807) is 0 Å². The fourth-order valence-corrected chi connectivity index (χ4v) is 3.16. The summed E-state index contributed by atoms with van der Waals surface area (Å²) in [6.07, 6.45) is -6.73. The van der Waals surface area contributed by atoms with Gasteiger partial charge in [0.05, 0.1) is 12.7 Å². The zero-order valence-corrected chi connectivity index (χ0v) is 15.9. The van der Waals surface area contributed by atoms with Gasteiger partial charge in [0.2, 0.25) is 0 Å². The number of alkyl halides is 3. The molecule has 1 aliphatic heterocycles. The van der Waals surface area contributed by atoms with Crippen molar-refractivity contribution in [2.45, 2.75) is 25.1 Å². The van der Waals surface area contributed by atoms with Crippen molar-refractivity contribution in [3.05, 3.63) is 59.2 Å². The van der Waals surface area contributed by atoms with Gasteiger partial charge in [0.15, 0.2) is 11.9 Å². The number of likely N-dealkylation sites (tertiary alicyclic amines) is 1. The second-order valence-electron chi connectivity index (χ2n) is 6.75. The van der Waals surface area contributed by atoms with Crippen LogP contribution in [0, 0.1) is 11.3 Å². The highest BCUT2D eigenvalue weighted by Crippen LogP contribution is 2.38. The summed E-state index contributed by atoms with van der Waals surface area (Å²) in [6.45, 7) is 1.68. The molecule has 3 rings (SSSR count). The fourth-order valence-electron chi connectivity index (χ4n) is 3.16. The fraction of sp³-hybridized carbons (Fsp3) is 0.333. The van der Waals surface area contributed by atoms with Gasteiger partial charge in [-0.1, -0.05) is 30.3 Å². The molecule has 0 radical (unpaired) electrons. The van der Waals surface area contributed by atoms with Crippen LogP contribution in [0.1, 0.15) is 34.3 Å². The summed E-state index contributed by atoms with van der Waals surface area (Å²) in [5.74, 6) is -0.745. The first-order valence-electron chi connectivity index (χ1n) is 8.95. The largest absolute Gasteiger partial charge is 0.494 e. The molecule has 1 saturated heterocycles. The Morgan fingerprint density at radius 1 is 1.21 bits per heavy atom. The topological polar surface area (TPSA) is 62.6 Å². The number of amides is 1. The number of nitriles is 1. The maximum atomic E-state index is 13.1. The van der Waals surface area contributed by atoms with Gasteiger partial charge in [-0.25, -0.2) is 0 Å². The van der Waals surface area contributed by atoms with E-state index in [4.69, 9.17) is 9.47 Å². The molecular formula is C21H19F3N2O3. The number of benzene rings is 2. The Hall–Kier alpha value is -3.21. The van der Waals surface area contributed by atoms with Crippen molar-refractivity contribution >= 4 is 5.91 Å². The first-order chi connectivity index (χ1) is 13.8. The Morgan fingerprint density at radius 2 is 1.86 bits per heavy atom. The molecule has 1 amide bonds. The maximum absolute atomic E-state index is 13.1. The van der Waals surface area contributed by atoms with Gasteiger partial charge in [-0.3, -0.25) is 4.79 Å². The lowest BCUT2D eigenvalue weighted by atomic mass is 9.90. The second kappa shape index (κ2) is 8.03. The van der Waals surface area contributed by atoms with Crippen LogP contribution in [-0.4, -0.2) is 43.3 Å². The molecule has 0 aliphatic carbocycles. The molecule has 0 aromatic heterocycles. The quantitative estimate of drug-likeness (QED) is 0.752. The number of hydrogen-bond acceptors (Lipinski definition) is 4. The molecule has 8 heteroatoms. The van der Waals surface area contributed by atoms with E-state index in [1.807, 2.05) is 36.4 Å². The van der Waals surface area contributed by atoms with Crippen molar-refractivity contribution in [2.75, 3.05) is 20.2 Å². The predicted octanol–water partition coefficient (Wildman–Crippen LogP) is 4.14. The first kappa shape index (κ1) is 20.5. The van der Waals surface area contributed by atoms with Gasteiger partial charge in [-0.2, -0.15) is 18.4 Å². The van der Waals surface area contributed by atoms with E-state index in [9.17, 15) is 23.2 Å². The smallest absolute Gasteiger partial charge is 0.425 e. The Balaban J connectivity index is 1.90. The van der Waals surface area contributed by atoms with Gasteiger partial charge in [0.1, 0.15) is 17.4 Å². The summed E-state index contributed by atoms with van der Waals surface area (Å²) in [5, 5.41) is 9.28. The first-order valence-corrected chi connectivity index (χ1v) is 8.95. The second-order valence-corrected chi connectivity index (χ2v) is 6.75. The summed E-state index contributed by atoms with van der Waals surface area (Å²) < 4.78 is 49.1. The molecule has 0 saturated carbocycles. The molecule has 5 nitrogen and oxygen atoms in total. The molecular weight excluding hydrogens is 385 g/mol. The van der Waals surface area contributed by atoms with Crippen LogP contribution in [0.15, 0.2) is 42.5 Å². The predicted molar refractivity (Wildman–Crippen MR) is 98.9 cm³/mol. The third-order valence-electron chi connectivity index (χ3n) is 4.86. The van der Waals surface area contributed by atoms with Crippen molar-refractivity contribution < 1.29 is 27.4 Å². The van der Waals surface area contributed by atoms with E-state index in [1.165, 1.54) is 24.1 Å². The number of carbonyl (C=O) groups is 1. The number of halogens is 3. The number of carbonyl (C=O) groups excluding carboxylic acids is 1. The number of hydrogen-bond donors (Lipinski definition) is 0. The molecule has 0 bridgehead atoms. The van der Waals surface area contributed by atoms with E-state index < -0.39 is 18.2 Å². The van der Waals surface area contributed by atoms with Crippen LogP contribution < -0.4 is 9.47 Å². The van der Waals surface area contributed by atoms with Gasteiger partial charge in [0.25, 0.3) is 5.91 Å². The molecule has 1 aliphatic rings. The van der Waals surface area contributed by atoms with Crippen molar-refractivity contribution in [1.82, 2.24) is 4.90 Å². The highest BCUT2D eigenvalue weighted by Gasteiger charge is 2.40. The van der Waals surface area contributed by atoms with Crippen molar-refractivity contribution in [1.29, 1.82) is 5.26 Å². The Labute approximate surface area is 166 Å². The standard InChI is InChI=1S/C21H19F3N2O3/c1-13(21(22,23)24)29-17-9-8-15(10-25)19(28-2)18(17)20(27)26-11-16(12-26)14-6-4-3-5-7-14/h3-9,13,16H,11-12H2,1-2H3/t13-/m0/s1. The Bertz CT molecular complexity index is 933. The van der Waals surface area contributed by atoms with E-state index in [0.717, 1.165) is 12.5 Å². The zero-order valence-electron chi connectivity index (χ0n) is 15.9. The number of rotatable bonds is 5. The minimum atomic E-state index is -4.60. The summed E-state index contributed by atoms with van der Waals surface area (Å²) in [4.78, 5) is 14.6. The molecule has 1 atom stereocenters. The molecule has 2 aromatic carbocycles. The van der Waals surface area contributed by atoms with Crippen LogP contribution in [0.4, 0.5) is 13.2 Å². The summed E-state index contributed by atoms with van der Waals surface area (Å²) in [6, 6.07) is 14.0. The molecule has 1 heterocycles. The van der Waals surface area contributed by atoms with Gasteiger partial charge >= 0.3 is 6.18 Å². The van der Waals surface area contributed by atoms with Gasteiger partial charge in [0, 0.05) is 19.0 Å². The van der Waals surface area contributed by atoms with E-state index in [0.29, 0.717) is 13.1 Å². The maximum Gasteiger partial charge on any atom is 0.425 e. The average Bonchev–Trinajstić information content (AvgIpc) is 2.66. The number of nitrogens with zero attached hydrogens (tertiary/aromatic N) is 2. The monoisotopic (exact) mass is 404 g/mol.